The minimum absolute atomic E-state index is 0.880. The Morgan fingerprint density at radius 1 is 0.320 bits per heavy atom. The molecule has 25 heavy (non-hydrogen) atoms. The summed E-state index contributed by atoms with van der Waals surface area (Å²) in [4.78, 5) is 0. The summed E-state index contributed by atoms with van der Waals surface area (Å²) >= 11 is 0. The summed E-state index contributed by atoms with van der Waals surface area (Å²) in [5.41, 5.74) is 0. The lowest BCUT2D eigenvalue weighted by Gasteiger charge is -2.16. The first kappa shape index (κ1) is 25.0. The molecule has 0 spiro atoms. The molecule has 0 N–H and O–H groups in total. The molecule has 0 rings (SSSR count). The quantitative estimate of drug-likeness (QED) is 0.229. The van der Waals surface area contributed by atoms with Crippen LogP contribution in [0.5, 0.6) is 0 Å². The smallest absolute Gasteiger partial charge is 0.0443 e. The maximum Gasteiger partial charge on any atom is -0.0443 e. The lowest BCUT2D eigenvalue weighted by atomic mass is 9.90. The molecule has 0 aromatic carbocycles. The Morgan fingerprint density at radius 3 is 0.840 bits per heavy atom. The van der Waals surface area contributed by atoms with Crippen LogP contribution in [0.3, 0.4) is 0 Å². The molecule has 0 saturated carbocycles. The average Bonchev–Trinajstić information content (AvgIpc) is 2.51. The first-order chi connectivity index (χ1) is 11.8. The Balaban J connectivity index is 3.47. The van der Waals surface area contributed by atoms with Gasteiger partial charge in [-0.3, -0.25) is 0 Å². The second-order valence-electron chi connectivity index (χ2n) is 10.2. The third kappa shape index (κ3) is 18.6. The van der Waals surface area contributed by atoms with Gasteiger partial charge in [0.1, 0.15) is 0 Å². The van der Waals surface area contributed by atoms with Crippen LogP contribution >= 0.6 is 0 Å². The van der Waals surface area contributed by atoms with E-state index in [1.165, 1.54) is 83.5 Å². The zero-order valence-corrected chi connectivity index (χ0v) is 19.1. The van der Waals surface area contributed by atoms with Crippen LogP contribution in [0, 0.1) is 29.6 Å². The van der Waals surface area contributed by atoms with E-state index >= 15 is 0 Å². The van der Waals surface area contributed by atoms with Gasteiger partial charge in [-0.05, 0) is 29.6 Å². The highest BCUT2D eigenvalue weighted by Gasteiger charge is 2.07. The highest BCUT2D eigenvalue weighted by atomic mass is 14.1. The summed E-state index contributed by atoms with van der Waals surface area (Å²) in [5, 5.41) is 0. The van der Waals surface area contributed by atoms with Gasteiger partial charge >= 0.3 is 0 Å². The Morgan fingerprint density at radius 2 is 0.560 bits per heavy atom. The van der Waals surface area contributed by atoms with Crippen molar-refractivity contribution >= 4 is 0 Å². The molecule has 0 aliphatic rings. The Kier molecular flexibility index (Phi) is 16.2. The highest BCUT2D eigenvalue weighted by molar-refractivity contribution is 4.61. The molecule has 0 aromatic rings. The van der Waals surface area contributed by atoms with Crippen LogP contribution in [0.2, 0.25) is 0 Å². The third-order valence-electron chi connectivity index (χ3n) is 5.99. The number of rotatable bonds is 17. The van der Waals surface area contributed by atoms with Crippen molar-refractivity contribution in [3.05, 3.63) is 0 Å². The molecule has 0 amide bonds. The fourth-order valence-corrected chi connectivity index (χ4v) is 3.98. The fourth-order valence-electron chi connectivity index (χ4n) is 3.98. The normalized spacial score (nSPS) is 15.7. The summed E-state index contributed by atoms with van der Waals surface area (Å²) in [6.07, 6.45) is 18.8. The number of unbranched alkanes of at least 4 members (excludes halogenated alkanes) is 1. The summed E-state index contributed by atoms with van der Waals surface area (Å²) in [6.45, 7) is 16.8. The van der Waals surface area contributed by atoms with Crippen LogP contribution in [-0.2, 0) is 0 Å². The molecular weight excluding hydrogens is 300 g/mol. The standard InChI is InChI=1S/C25H52/c1-21(2)13-10-17-23(5)15-8-9-16-24(6)19-12-20-25(7)18-11-14-22(3)4/h21-25H,8-20H2,1-7H3. The van der Waals surface area contributed by atoms with Crippen molar-refractivity contribution < 1.29 is 0 Å². The molecule has 0 saturated heterocycles. The minimum Gasteiger partial charge on any atom is -0.0628 e. The van der Waals surface area contributed by atoms with Crippen molar-refractivity contribution in [3.8, 4) is 0 Å². The predicted molar refractivity (Wildman–Crippen MR) is 117 cm³/mol. The topological polar surface area (TPSA) is 0 Å². The number of hydrogen-bond acceptors (Lipinski definition) is 0. The molecule has 0 aliphatic carbocycles. The lowest BCUT2D eigenvalue weighted by Crippen LogP contribution is -2.01. The van der Waals surface area contributed by atoms with E-state index in [0.29, 0.717) is 0 Å². The van der Waals surface area contributed by atoms with Crippen molar-refractivity contribution in [2.75, 3.05) is 0 Å². The fraction of sp³-hybridized carbons (Fsp3) is 1.00. The van der Waals surface area contributed by atoms with Gasteiger partial charge in [-0.2, -0.15) is 0 Å². The van der Waals surface area contributed by atoms with Gasteiger partial charge in [0.2, 0.25) is 0 Å². The van der Waals surface area contributed by atoms with E-state index in [0.717, 1.165) is 29.6 Å². The van der Waals surface area contributed by atoms with Gasteiger partial charge in [0.05, 0.1) is 0 Å². The molecule has 0 nitrogen and oxygen atoms in total. The first-order valence-corrected chi connectivity index (χ1v) is 11.8. The second kappa shape index (κ2) is 16.2. The van der Waals surface area contributed by atoms with E-state index in [9.17, 15) is 0 Å². The van der Waals surface area contributed by atoms with Gasteiger partial charge in [0.15, 0.2) is 0 Å². The average molecular weight is 353 g/mol. The van der Waals surface area contributed by atoms with Crippen molar-refractivity contribution in [3.63, 3.8) is 0 Å². The molecule has 0 fully saturated rings. The van der Waals surface area contributed by atoms with Gasteiger partial charge in [-0.1, -0.05) is 132 Å². The van der Waals surface area contributed by atoms with E-state index in [4.69, 9.17) is 0 Å². The van der Waals surface area contributed by atoms with E-state index in [2.05, 4.69) is 48.5 Å². The maximum absolute atomic E-state index is 2.48. The summed E-state index contributed by atoms with van der Waals surface area (Å²) in [7, 11) is 0. The molecule has 0 heteroatoms. The van der Waals surface area contributed by atoms with E-state index in [-0.39, 0.29) is 0 Å². The Bertz CT molecular complexity index is 265. The van der Waals surface area contributed by atoms with Crippen molar-refractivity contribution in [1.82, 2.24) is 0 Å². The van der Waals surface area contributed by atoms with Crippen molar-refractivity contribution in [1.29, 1.82) is 0 Å². The molecule has 0 bridgehead atoms. The maximum atomic E-state index is 2.48. The molecule has 0 aromatic heterocycles. The van der Waals surface area contributed by atoms with Gasteiger partial charge in [-0.25, -0.2) is 0 Å². The first-order valence-electron chi connectivity index (χ1n) is 11.8. The van der Waals surface area contributed by atoms with Crippen LogP contribution in [0.25, 0.3) is 0 Å². The number of hydrogen-bond donors (Lipinski definition) is 0. The molecule has 0 radical (unpaired) electrons. The van der Waals surface area contributed by atoms with E-state index in [1.54, 1.807) is 0 Å². The van der Waals surface area contributed by atoms with E-state index in [1.807, 2.05) is 0 Å². The Labute approximate surface area is 161 Å². The lowest BCUT2D eigenvalue weighted by molar-refractivity contribution is 0.375. The molecular formula is C25H52. The van der Waals surface area contributed by atoms with Crippen LogP contribution in [0.15, 0.2) is 0 Å². The molecule has 3 unspecified atom stereocenters. The molecule has 0 aliphatic heterocycles. The van der Waals surface area contributed by atoms with E-state index < -0.39 is 0 Å². The Hall–Kier alpha value is 0. The zero-order chi connectivity index (χ0) is 19.1. The van der Waals surface area contributed by atoms with Crippen molar-refractivity contribution in [2.45, 2.75) is 132 Å². The molecule has 152 valence electrons. The van der Waals surface area contributed by atoms with Crippen LogP contribution < -0.4 is 0 Å². The van der Waals surface area contributed by atoms with Crippen LogP contribution in [-0.4, -0.2) is 0 Å². The van der Waals surface area contributed by atoms with Crippen LogP contribution in [0.1, 0.15) is 132 Å². The predicted octanol–water partition coefficient (Wildman–Crippen LogP) is 9.28. The van der Waals surface area contributed by atoms with Crippen LogP contribution in [0.4, 0.5) is 0 Å². The summed E-state index contributed by atoms with van der Waals surface area (Å²) in [6, 6.07) is 0. The summed E-state index contributed by atoms with van der Waals surface area (Å²) in [5.74, 6) is 4.59. The molecule has 0 heterocycles. The van der Waals surface area contributed by atoms with Gasteiger partial charge in [0.25, 0.3) is 0 Å². The van der Waals surface area contributed by atoms with Gasteiger partial charge in [0, 0.05) is 0 Å². The van der Waals surface area contributed by atoms with Crippen molar-refractivity contribution in [2.24, 2.45) is 29.6 Å². The third-order valence-corrected chi connectivity index (χ3v) is 5.99. The summed E-state index contributed by atoms with van der Waals surface area (Å²) < 4.78 is 0. The van der Waals surface area contributed by atoms with Gasteiger partial charge < -0.3 is 0 Å². The monoisotopic (exact) mass is 352 g/mol. The highest BCUT2D eigenvalue weighted by Crippen LogP contribution is 2.23. The largest absolute Gasteiger partial charge is 0.0628 e. The molecule has 3 atom stereocenters. The zero-order valence-electron chi connectivity index (χ0n) is 19.1. The minimum atomic E-state index is 0.880. The second-order valence-corrected chi connectivity index (χ2v) is 10.2. The SMILES string of the molecule is CC(C)CCCC(C)CCCCC(C)CCCC(C)CCCC(C)C. The van der Waals surface area contributed by atoms with Gasteiger partial charge in [-0.15, -0.1) is 0 Å².